The van der Waals surface area contributed by atoms with Crippen LogP contribution < -0.4 is 5.73 Å². The van der Waals surface area contributed by atoms with E-state index in [1.54, 1.807) is 0 Å². The van der Waals surface area contributed by atoms with Gasteiger partial charge in [-0.15, -0.1) is 0 Å². The molecule has 0 aromatic heterocycles. The van der Waals surface area contributed by atoms with E-state index in [1.165, 1.54) is 25.1 Å². The molecule has 0 unspecified atom stereocenters. The second-order valence-electron chi connectivity index (χ2n) is 3.33. The van der Waals surface area contributed by atoms with Crippen LogP contribution in [0.2, 0.25) is 0 Å². The van der Waals surface area contributed by atoms with Crippen molar-refractivity contribution in [2.45, 2.75) is 19.1 Å². The number of nitrogens with two attached hydrogens (primary N) is 1. The number of halogens is 3. The third-order valence-corrected chi connectivity index (χ3v) is 2.18. The number of hydrogen-bond donors (Lipinski definition) is 2. The molecule has 0 aliphatic heterocycles. The van der Waals surface area contributed by atoms with Crippen LogP contribution >= 0.6 is 0 Å². The topological polar surface area (TPSA) is 46.2 Å². The number of hydrogen-bond acceptors (Lipinski definition) is 2. The van der Waals surface area contributed by atoms with Crippen molar-refractivity contribution in [2.24, 2.45) is 5.73 Å². The van der Waals surface area contributed by atoms with Crippen molar-refractivity contribution in [3.63, 3.8) is 0 Å². The van der Waals surface area contributed by atoms with Gasteiger partial charge >= 0.3 is 6.18 Å². The second kappa shape index (κ2) is 4.20. The molecule has 1 atom stereocenters. The zero-order valence-electron chi connectivity index (χ0n) is 8.17. The van der Waals surface area contributed by atoms with Crippen LogP contribution in [0.4, 0.5) is 13.2 Å². The summed E-state index contributed by atoms with van der Waals surface area (Å²) in [5.74, 6) is 0. The number of rotatable bonds is 2. The second-order valence-corrected chi connectivity index (χ2v) is 3.33. The summed E-state index contributed by atoms with van der Waals surface area (Å²) in [4.78, 5) is 0. The molecular weight excluding hydrogens is 207 g/mol. The standard InChI is InChI=1S/C10H12F3NO/c1-6-3-2-4-7(8(14)5-15)9(6)10(11,12)13/h2-4,8,15H,5,14H2,1H3/t8-/m0/s1. The Kier molecular flexibility index (Phi) is 3.36. The third kappa shape index (κ3) is 2.49. The van der Waals surface area contributed by atoms with Crippen LogP contribution in [-0.2, 0) is 6.18 Å². The van der Waals surface area contributed by atoms with E-state index in [0.717, 1.165) is 0 Å². The van der Waals surface area contributed by atoms with Gasteiger partial charge in [0.2, 0.25) is 0 Å². The monoisotopic (exact) mass is 219 g/mol. The molecule has 84 valence electrons. The van der Waals surface area contributed by atoms with Crippen LogP contribution in [-0.4, -0.2) is 11.7 Å². The molecular formula is C10H12F3NO. The molecule has 0 amide bonds. The Morgan fingerprint density at radius 3 is 2.47 bits per heavy atom. The number of aryl methyl sites for hydroxylation is 1. The molecule has 0 heterocycles. The average Bonchev–Trinajstić information content (AvgIpc) is 2.14. The van der Waals surface area contributed by atoms with Gasteiger partial charge in [0, 0.05) is 0 Å². The maximum Gasteiger partial charge on any atom is 0.416 e. The molecule has 2 nitrogen and oxygen atoms in total. The van der Waals surface area contributed by atoms with Gasteiger partial charge in [-0.1, -0.05) is 18.2 Å². The first kappa shape index (κ1) is 12.0. The molecule has 3 N–H and O–H groups in total. The van der Waals surface area contributed by atoms with E-state index in [0.29, 0.717) is 0 Å². The fraction of sp³-hybridized carbons (Fsp3) is 0.400. The predicted molar refractivity (Wildman–Crippen MR) is 50.2 cm³/mol. The molecule has 0 bridgehead atoms. The predicted octanol–water partition coefficient (Wildman–Crippen LogP) is 2.01. The molecule has 0 saturated heterocycles. The first-order valence-electron chi connectivity index (χ1n) is 4.41. The maximum atomic E-state index is 12.7. The van der Waals surface area contributed by atoms with Gasteiger partial charge in [-0.2, -0.15) is 13.2 Å². The highest BCUT2D eigenvalue weighted by Gasteiger charge is 2.35. The van der Waals surface area contributed by atoms with Crippen molar-refractivity contribution < 1.29 is 18.3 Å². The Morgan fingerprint density at radius 1 is 1.40 bits per heavy atom. The Labute approximate surface area is 85.5 Å². The fourth-order valence-corrected chi connectivity index (χ4v) is 1.49. The zero-order valence-corrected chi connectivity index (χ0v) is 8.17. The lowest BCUT2D eigenvalue weighted by atomic mass is 9.97. The molecule has 0 radical (unpaired) electrons. The van der Waals surface area contributed by atoms with E-state index in [1.807, 2.05) is 0 Å². The summed E-state index contributed by atoms with van der Waals surface area (Å²) in [7, 11) is 0. The minimum absolute atomic E-state index is 0.0648. The van der Waals surface area contributed by atoms with Gasteiger partial charge in [0.15, 0.2) is 0 Å². The van der Waals surface area contributed by atoms with Crippen LogP contribution in [0.15, 0.2) is 18.2 Å². The lowest BCUT2D eigenvalue weighted by Gasteiger charge is -2.18. The van der Waals surface area contributed by atoms with Crippen molar-refractivity contribution in [3.8, 4) is 0 Å². The van der Waals surface area contributed by atoms with E-state index in [4.69, 9.17) is 10.8 Å². The first-order chi connectivity index (χ1) is 6.88. The SMILES string of the molecule is Cc1cccc([C@@H](N)CO)c1C(F)(F)F. The van der Waals surface area contributed by atoms with E-state index in [9.17, 15) is 13.2 Å². The van der Waals surface area contributed by atoms with Gasteiger partial charge in [-0.25, -0.2) is 0 Å². The molecule has 5 heteroatoms. The molecule has 0 spiro atoms. The van der Waals surface area contributed by atoms with Gasteiger partial charge in [0.1, 0.15) is 0 Å². The summed E-state index contributed by atoms with van der Waals surface area (Å²) in [5.41, 5.74) is 4.72. The third-order valence-electron chi connectivity index (χ3n) is 2.18. The highest BCUT2D eigenvalue weighted by Crippen LogP contribution is 2.36. The molecule has 1 aromatic carbocycles. The van der Waals surface area contributed by atoms with Gasteiger partial charge in [-0.3, -0.25) is 0 Å². The Bertz CT molecular complexity index is 349. The van der Waals surface area contributed by atoms with Gasteiger partial charge in [-0.05, 0) is 18.1 Å². The van der Waals surface area contributed by atoms with Crippen LogP contribution in [0.25, 0.3) is 0 Å². The fourth-order valence-electron chi connectivity index (χ4n) is 1.49. The molecule has 0 aliphatic carbocycles. The van der Waals surface area contributed by atoms with Gasteiger partial charge < -0.3 is 10.8 Å². The number of benzene rings is 1. The van der Waals surface area contributed by atoms with Gasteiger partial charge in [0.05, 0.1) is 18.2 Å². The minimum atomic E-state index is -4.44. The normalized spacial score (nSPS) is 14.0. The highest BCUT2D eigenvalue weighted by atomic mass is 19.4. The van der Waals surface area contributed by atoms with E-state index >= 15 is 0 Å². The molecule has 1 rings (SSSR count). The van der Waals surface area contributed by atoms with Crippen molar-refractivity contribution in [3.05, 3.63) is 34.9 Å². The van der Waals surface area contributed by atoms with E-state index in [2.05, 4.69) is 0 Å². The Balaban J connectivity index is 3.33. The van der Waals surface area contributed by atoms with Crippen molar-refractivity contribution in [2.75, 3.05) is 6.61 Å². The highest BCUT2D eigenvalue weighted by molar-refractivity contribution is 5.38. The quantitative estimate of drug-likeness (QED) is 0.799. The molecule has 0 fully saturated rings. The Morgan fingerprint density at radius 2 is 2.00 bits per heavy atom. The molecule has 0 aliphatic rings. The lowest BCUT2D eigenvalue weighted by Crippen LogP contribution is -2.21. The number of aliphatic hydroxyl groups excluding tert-OH is 1. The molecule has 0 saturated carbocycles. The summed E-state index contributed by atoms with van der Waals surface area (Å²) >= 11 is 0. The smallest absolute Gasteiger partial charge is 0.394 e. The average molecular weight is 219 g/mol. The van der Waals surface area contributed by atoms with Crippen LogP contribution in [0, 0.1) is 6.92 Å². The molecule has 1 aromatic rings. The van der Waals surface area contributed by atoms with Crippen LogP contribution in [0.3, 0.4) is 0 Å². The van der Waals surface area contributed by atoms with Gasteiger partial charge in [0.25, 0.3) is 0 Å². The summed E-state index contributed by atoms with van der Waals surface area (Å²) in [5, 5.41) is 8.78. The van der Waals surface area contributed by atoms with Crippen molar-refractivity contribution >= 4 is 0 Å². The maximum absolute atomic E-state index is 12.7. The largest absolute Gasteiger partial charge is 0.416 e. The summed E-state index contributed by atoms with van der Waals surface area (Å²) in [6.45, 7) is 0.864. The van der Waals surface area contributed by atoms with E-state index in [-0.39, 0.29) is 11.1 Å². The summed E-state index contributed by atoms with van der Waals surface area (Å²) in [6.07, 6.45) is -4.44. The Hall–Kier alpha value is -1.07. The van der Waals surface area contributed by atoms with Crippen molar-refractivity contribution in [1.29, 1.82) is 0 Å². The van der Waals surface area contributed by atoms with Crippen LogP contribution in [0.5, 0.6) is 0 Å². The van der Waals surface area contributed by atoms with E-state index < -0.39 is 24.4 Å². The minimum Gasteiger partial charge on any atom is -0.394 e. The number of alkyl halides is 3. The first-order valence-corrected chi connectivity index (χ1v) is 4.41. The van der Waals surface area contributed by atoms with Crippen LogP contribution in [0.1, 0.15) is 22.7 Å². The lowest BCUT2D eigenvalue weighted by molar-refractivity contribution is -0.138. The zero-order chi connectivity index (χ0) is 11.6. The number of aliphatic hydroxyl groups is 1. The summed E-state index contributed by atoms with van der Waals surface area (Å²) < 4.78 is 38.0. The summed E-state index contributed by atoms with van der Waals surface area (Å²) in [6, 6.07) is 3.16. The molecule has 15 heavy (non-hydrogen) atoms. The van der Waals surface area contributed by atoms with Crippen molar-refractivity contribution in [1.82, 2.24) is 0 Å².